The Morgan fingerprint density at radius 2 is 1.94 bits per heavy atom. The third-order valence-corrected chi connectivity index (χ3v) is 5.35. The summed E-state index contributed by atoms with van der Waals surface area (Å²) in [7, 11) is 3.11. The Balaban J connectivity index is 1.65. The highest BCUT2D eigenvalue weighted by molar-refractivity contribution is 6.31. The first-order valence-corrected chi connectivity index (χ1v) is 9.75. The van der Waals surface area contributed by atoms with Gasteiger partial charge in [0, 0.05) is 17.1 Å². The Bertz CT molecular complexity index is 997. The number of hydrazine groups is 1. The van der Waals surface area contributed by atoms with Gasteiger partial charge in [-0.15, -0.1) is 0 Å². The molecular weight excluding hydrogens is 427 g/mol. The number of nitrogens with one attached hydrogen (secondary N) is 2. The number of carbonyl (C=O) groups is 3. The number of amides is 4. The fourth-order valence-electron chi connectivity index (χ4n) is 3.28. The van der Waals surface area contributed by atoms with E-state index in [0.29, 0.717) is 16.3 Å². The fourth-order valence-corrected chi connectivity index (χ4v) is 3.50. The molecular formula is C21H22ClFN4O4. The topological polar surface area (TPSA) is 91.0 Å². The van der Waals surface area contributed by atoms with Crippen molar-refractivity contribution in [3.63, 3.8) is 0 Å². The van der Waals surface area contributed by atoms with E-state index in [1.165, 1.54) is 24.1 Å². The highest BCUT2D eigenvalue weighted by Gasteiger charge is 2.50. The van der Waals surface area contributed by atoms with Crippen molar-refractivity contribution >= 4 is 29.4 Å². The second kappa shape index (κ2) is 8.91. The predicted molar refractivity (Wildman–Crippen MR) is 112 cm³/mol. The van der Waals surface area contributed by atoms with Gasteiger partial charge >= 0.3 is 6.03 Å². The van der Waals surface area contributed by atoms with E-state index in [1.807, 2.05) is 0 Å². The number of benzene rings is 2. The zero-order chi connectivity index (χ0) is 22.8. The largest absolute Gasteiger partial charge is 0.497 e. The average molecular weight is 449 g/mol. The second-order valence-corrected chi connectivity index (χ2v) is 7.74. The van der Waals surface area contributed by atoms with E-state index in [-0.39, 0.29) is 23.7 Å². The highest BCUT2D eigenvalue weighted by atomic mass is 35.5. The zero-order valence-electron chi connectivity index (χ0n) is 17.2. The number of imide groups is 1. The summed E-state index contributed by atoms with van der Waals surface area (Å²) in [6, 6.07) is 10.2. The molecule has 4 amide bonds. The molecule has 1 aliphatic rings. The summed E-state index contributed by atoms with van der Waals surface area (Å²) in [5, 5.41) is 3.49. The molecule has 1 aliphatic heterocycles. The molecule has 0 aromatic heterocycles. The number of carbonyl (C=O) groups excluding carboxylic acids is 3. The molecule has 2 N–H and O–H groups in total. The average Bonchev–Trinajstić information content (AvgIpc) is 2.94. The standard InChI is InChI=1S/C21H22ClFN4O4/c1-21(13-7-9-14(31-3)10-8-13)19(29)27(20(30)24-21)25-18(28)12-26(2)11-15-16(22)5-4-6-17(15)23/h4-10H,11-12H2,1-3H3,(H,24,30)(H,25,28). The number of urea groups is 1. The molecule has 1 heterocycles. The lowest BCUT2D eigenvalue weighted by atomic mass is 9.92. The van der Waals surface area contributed by atoms with Crippen molar-refractivity contribution < 1.29 is 23.5 Å². The third kappa shape index (κ3) is 4.62. The summed E-state index contributed by atoms with van der Waals surface area (Å²) in [6.07, 6.45) is 0. The summed E-state index contributed by atoms with van der Waals surface area (Å²) >= 11 is 6.01. The minimum atomic E-state index is -1.34. The Hall–Kier alpha value is -3.17. The number of methoxy groups -OCH3 is 1. The minimum Gasteiger partial charge on any atom is -0.497 e. The van der Waals surface area contributed by atoms with Gasteiger partial charge in [0.1, 0.15) is 17.1 Å². The van der Waals surface area contributed by atoms with Crippen molar-refractivity contribution in [2.75, 3.05) is 20.7 Å². The van der Waals surface area contributed by atoms with Gasteiger partial charge in [-0.2, -0.15) is 5.01 Å². The monoisotopic (exact) mass is 448 g/mol. The zero-order valence-corrected chi connectivity index (χ0v) is 18.0. The van der Waals surface area contributed by atoms with E-state index in [9.17, 15) is 18.8 Å². The molecule has 3 rings (SSSR count). The molecule has 8 nitrogen and oxygen atoms in total. The Morgan fingerprint density at radius 1 is 1.26 bits per heavy atom. The smallest absolute Gasteiger partial charge is 0.344 e. The maximum Gasteiger partial charge on any atom is 0.344 e. The molecule has 164 valence electrons. The van der Waals surface area contributed by atoms with Gasteiger partial charge in [0.25, 0.3) is 11.8 Å². The summed E-state index contributed by atoms with van der Waals surface area (Å²) < 4.78 is 19.1. The van der Waals surface area contributed by atoms with E-state index in [0.717, 1.165) is 0 Å². The highest BCUT2D eigenvalue weighted by Crippen LogP contribution is 2.29. The maximum absolute atomic E-state index is 13.9. The predicted octanol–water partition coefficient (Wildman–Crippen LogP) is 2.42. The van der Waals surface area contributed by atoms with Crippen LogP contribution in [0.1, 0.15) is 18.1 Å². The lowest BCUT2D eigenvalue weighted by molar-refractivity contribution is -0.139. The van der Waals surface area contributed by atoms with Gasteiger partial charge < -0.3 is 10.1 Å². The lowest BCUT2D eigenvalue weighted by Crippen LogP contribution is -2.50. The lowest BCUT2D eigenvalue weighted by Gasteiger charge is -2.23. The number of likely N-dealkylation sites (N-methyl/N-ethyl adjacent to an activating group) is 1. The van der Waals surface area contributed by atoms with Crippen LogP contribution in [0.3, 0.4) is 0 Å². The third-order valence-electron chi connectivity index (χ3n) is 5.00. The molecule has 10 heteroatoms. The molecule has 1 fully saturated rings. The van der Waals surface area contributed by atoms with Crippen LogP contribution in [0.5, 0.6) is 5.75 Å². The quantitative estimate of drug-likeness (QED) is 0.635. The van der Waals surface area contributed by atoms with Crippen LogP contribution < -0.4 is 15.5 Å². The minimum absolute atomic E-state index is 0.0721. The number of nitrogens with zero attached hydrogens (tertiary/aromatic N) is 2. The van der Waals surface area contributed by atoms with E-state index in [1.54, 1.807) is 44.3 Å². The second-order valence-electron chi connectivity index (χ2n) is 7.33. The number of halogens is 2. The first kappa shape index (κ1) is 22.5. The molecule has 0 radical (unpaired) electrons. The van der Waals surface area contributed by atoms with Crippen molar-refractivity contribution in [1.82, 2.24) is 20.7 Å². The van der Waals surface area contributed by atoms with Crippen LogP contribution in [-0.4, -0.2) is 48.5 Å². The van der Waals surface area contributed by atoms with E-state index in [4.69, 9.17) is 16.3 Å². The van der Waals surface area contributed by atoms with Gasteiger partial charge in [0.2, 0.25) is 0 Å². The molecule has 1 atom stereocenters. The SMILES string of the molecule is COc1ccc(C2(C)NC(=O)N(NC(=O)CN(C)Cc3c(F)cccc3Cl)C2=O)cc1. The Morgan fingerprint density at radius 3 is 2.55 bits per heavy atom. The summed E-state index contributed by atoms with van der Waals surface area (Å²) in [6.45, 7) is 1.43. The number of hydrogen-bond acceptors (Lipinski definition) is 5. The number of rotatable bonds is 7. The van der Waals surface area contributed by atoms with Gasteiger partial charge in [-0.25, -0.2) is 9.18 Å². The van der Waals surface area contributed by atoms with E-state index < -0.39 is 29.2 Å². The van der Waals surface area contributed by atoms with Crippen molar-refractivity contribution in [1.29, 1.82) is 0 Å². The van der Waals surface area contributed by atoms with Crippen LogP contribution in [0.4, 0.5) is 9.18 Å². The van der Waals surface area contributed by atoms with Gasteiger partial charge in [-0.3, -0.25) is 19.9 Å². The molecule has 0 saturated carbocycles. The summed E-state index contributed by atoms with van der Waals surface area (Å²) in [5.41, 5.74) is 1.76. The Labute approximate surface area is 183 Å². The molecule has 2 aromatic carbocycles. The summed E-state index contributed by atoms with van der Waals surface area (Å²) in [5.74, 6) is -1.12. The van der Waals surface area contributed by atoms with Crippen LogP contribution in [0.25, 0.3) is 0 Å². The van der Waals surface area contributed by atoms with E-state index in [2.05, 4.69) is 10.7 Å². The fraction of sp³-hybridized carbons (Fsp3) is 0.286. The first-order valence-electron chi connectivity index (χ1n) is 9.38. The normalized spacial score (nSPS) is 18.3. The van der Waals surface area contributed by atoms with Gasteiger partial charge in [0.05, 0.1) is 13.7 Å². The molecule has 0 spiro atoms. The van der Waals surface area contributed by atoms with Gasteiger partial charge in [-0.05, 0) is 43.8 Å². The van der Waals surface area contributed by atoms with Crippen LogP contribution >= 0.6 is 11.6 Å². The molecule has 2 aromatic rings. The van der Waals surface area contributed by atoms with E-state index >= 15 is 0 Å². The van der Waals surface area contributed by atoms with Crippen molar-refractivity contribution in [2.24, 2.45) is 0 Å². The van der Waals surface area contributed by atoms with Crippen molar-refractivity contribution in [3.8, 4) is 5.75 Å². The van der Waals surface area contributed by atoms with Gasteiger partial charge in [0.15, 0.2) is 0 Å². The Kier molecular flexibility index (Phi) is 6.47. The molecule has 1 saturated heterocycles. The van der Waals surface area contributed by atoms with Crippen LogP contribution in [0.15, 0.2) is 42.5 Å². The first-order chi connectivity index (χ1) is 14.7. The maximum atomic E-state index is 13.9. The van der Waals surface area contributed by atoms with Crippen molar-refractivity contribution in [3.05, 3.63) is 64.4 Å². The van der Waals surface area contributed by atoms with Gasteiger partial charge in [-0.1, -0.05) is 29.8 Å². The van der Waals surface area contributed by atoms with Crippen LogP contribution in [0.2, 0.25) is 5.02 Å². The van der Waals surface area contributed by atoms with Crippen LogP contribution in [-0.2, 0) is 21.7 Å². The van der Waals surface area contributed by atoms with Crippen LogP contribution in [0, 0.1) is 5.82 Å². The molecule has 0 bridgehead atoms. The number of hydrogen-bond donors (Lipinski definition) is 2. The molecule has 0 aliphatic carbocycles. The number of ether oxygens (including phenoxy) is 1. The molecule has 1 unspecified atom stereocenters. The van der Waals surface area contributed by atoms with Crippen molar-refractivity contribution in [2.45, 2.75) is 19.0 Å². The summed E-state index contributed by atoms with van der Waals surface area (Å²) in [4.78, 5) is 39.2. The molecule has 31 heavy (non-hydrogen) atoms.